The lowest BCUT2D eigenvalue weighted by atomic mass is 10.2. The van der Waals surface area contributed by atoms with Gasteiger partial charge in [0, 0.05) is 43.8 Å². The van der Waals surface area contributed by atoms with Gasteiger partial charge in [-0.3, -0.25) is 19.6 Å². The zero-order valence-corrected chi connectivity index (χ0v) is 14.9. The van der Waals surface area contributed by atoms with Crippen molar-refractivity contribution in [2.24, 2.45) is 0 Å². The first-order chi connectivity index (χ1) is 13.2. The molecule has 7 heteroatoms. The van der Waals surface area contributed by atoms with Crippen LogP contribution in [-0.4, -0.2) is 58.0 Å². The Morgan fingerprint density at radius 3 is 2.59 bits per heavy atom. The topological polar surface area (TPSA) is 81.3 Å². The van der Waals surface area contributed by atoms with Crippen LogP contribution < -0.4 is 5.32 Å². The van der Waals surface area contributed by atoms with Gasteiger partial charge in [0.15, 0.2) is 0 Å². The van der Waals surface area contributed by atoms with Crippen LogP contribution in [0.4, 0.5) is 5.69 Å². The van der Waals surface area contributed by atoms with Crippen LogP contribution in [0.1, 0.15) is 5.56 Å². The molecule has 0 bridgehead atoms. The van der Waals surface area contributed by atoms with Gasteiger partial charge in [0.05, 0.1) is 11.7 Å². The summed E-state index contributed by atoms with van der Waals surface area (Å²) in [5, 5.41) is 10.4. The second-order valence-electron chi connectivity index (χ2n) is 6.68. The van der Waals surface area contributed by atoms with Crippen molar-refractivity contribution in [3.63, 3.8) is 0 Å². The van der Waals surface area contributed by atoms with E-state index in [1.54, 1.807) is 23.2 Å². The number of rotatable bonds is 3. The summed E-state index contributed by atoms with van der Waals surface area (Å²) >= 11 is 0. The summed E-state index contributed by atoms with van der Waals surface area (Å²) < 4.78 is 0. The molecule has 2 N–H and O–H groups in total. The Kier molecular flexibility index (Phi) is 4.84. The van der Waals surface area contributed by atoms with Crippen molar-refractivity contribution in [1.82, 2.24) is 20.0 Å². The van der Waals surface area contributed by atoms with E-state index in [-0.39, 0.29) is 0 Å². The fourth-order valence-electron chi connectivity index (χ4n) is 3.29. The number of aromatic nitrogens is 2. The molecule has 138 valence electrons. The number of anilines is 1. The molecule has 3 aromatic rings. The quantitative estimate of drug-likeness (QED) is 0.696. The number of carbonyl (C=O) groups excluding carboxylic acids is 2. The number of fused-ring (bicyclic) bond motifs is 1. The Morgan fingerprint density at radius 1 is 1.04 bits per heavy atom. The van der Waals surface area contributed by atoms with E-state index < -0.39 is 11.8 Å². The molecule has 7 nitrogen and oxygen atoms in total. The van der Waals surface area contributed by atoms with Gasteiger partial charge in [-0.15, -0.1) is 0 Å². The summed E-state index contributed by atoms with van der Waals surface area (Å²) in [6.07, 6.45) is 1.71. The van der Waals surface area contributed by atoms with Crippen molar-refractivity contribution in [1.29, 1.82) is 0 Å². The zero-order chi connectivity index (χ0) is 18.6. The predicted molar refractivity (Wildman–Crippen MR) is 103 cm³/mol. The highest BCUT2D eigenvalue weighted by molar-refractivity contribution is 6.39. The molecule has 1 aromatic heterocycles. The Balaban J connectivity index is 1.31. The molecule has 0 aliphatic carbocycles. The molecule has 2 amide bonds. The van der Waals surface area contributed by atoms with Gasteiger partial charge < -0.3 is 10.2 Å². The summed E-state index contributed by atoms with van der Waals surface area (Å²) in [5.74, 6) is -1.09. The maximum Gasteiger partial charge on any atom is 0.313 e. The molecule has 0 saturated carbocycles. The molecule has 4 rings (SSSR count). The van der Waals surface area contributed by atoms with Crippen LogP contribution in [0.5, 0.6) is 0 Å². The van der Waals surface area contributed by atoms with Gasteiger partial charge in [-0.25, -0.2) is 0 Å². The van der Waals surface area contributed by atoms with Crippen molar-refractivity contribution in [3.8, 4) is 0 Å². The van der Waals surface area contributed by atoms with E-state index in [1.165, 1.54) is 5.56 Å². The second-order valence-corrected chi connectivity index (χ2v) is 6.68. The van der Waals surface area contributed by atoms with Gasteiger partial charge in [0.2, 0.25) is 0 Å². The number of nitrogens with zero attached hydrogens (tertiary/aromatic N) is 3. The smallest absolute Gasteiger partial charge is 0.313 e. The fourth-order valence-corrected chi connectivity index (χ4v) is 3.29. The largest absolute Gasteiger partial charge is 0.332 e. The Labute approximate surface area is 157 Å². The molecular formula is C20H21N5O2. The molecule has 1 aliphatic heterocycles. The third-order valence-electron chi connectivity index (χ3n) is 4.80. The first kappa shape index (κ1) is 17.2. The van der Waals surface area contributed by atoms with Crippen molar-refractivity contribution in [2.75, 3.05) is 31.5 Å². The summed E-state index contributed by atoms with van der Waals surface area (Å²) in [7, 11) is 0. The Hall–Kier alpha value is -3.19. The van der Waals surface area contributed by atoms with E-state index >= 15 is 0 Å². The normalized spacial score (nSPS) is 15.0. The maximum atomic E-state index is 12.5. The van der Waals surface area contributed by atoms with Crippen molar-refractivity contribution < 1.29 is 9.59 Å². The molecule has 1 aliphatic rings. The fraction of sp³-hybridized carbons (Fsp3) is 0.250. The molecule has 0 unspecified atom stereocenters. The van der Waals surface area contributed by atoms with Gasteiger partial charge in [0.1, 0.15) is 0 Å². The molecule has 0 radical (unpaired) electrons. The zero-order valence-electron chi connectivity index (χ0n) is 14.9. The molecule has 1 saturated heterocycles. The number of aromatic amines is 1. The lowest BCUT2D eigenvalue weighted by Gasteiger charge is -2.34. The highest BCUT2D eigenvalue weighted by atomic mass is 16.2. The van der Waals surface area contributed by atoms with Crippen LogP contribution >= 0.6 is 0 Å². The predicted octanol–water partition coefficient (Wildman–Crippen LogP) is 1.85. The standard InChI is InChI=1S/C20H21N5O2/c26-19(22-17-7-6-16-13-21-23-18(16)12-17)20(27)25-10-8-24(9-11-25)14-15-4-2-1-3-5-15/h1-7,12-13H,8-11,14H2,(H,21,23)(H,22,26). The molecule has 0 atom stereocenters. The van der Waals surface area contributed by atoms with Gasteiger partial charge in [-0.1, -0.05) is 30.3 Å². The number of piperazine rings is 1. The average molecular weight is 363 g/mol. The molecule has 2 heterocycles. The minimum absolute atomic E-state index is 0.487. The summed E-state index contributed by atoms with van der Waals surface area (Å²) in [5.41, 5.74) is 2.65. The molecule has 1 fully saturated rings. The van der Waals surface area contributed by atoms with Gasteiger partial charge in [-0.05, 0) is 23.8 Å². The van der Waals surface area contributed by atoms with Gasteiger partial charge in [-0.2, -0.15) is 5.10 Å². The molecule has 2 aromatic carbocycles. The van der Waals surface area contributed by atoms with E-state index in [1.807, 2.05) is 24.3 Å². The first-order valence-corrected chi connectivity index (χ1v) is 8.99. The molecule has 0 spiro atoms. The van der Waals surface area contributed by atoms with Crippen LogP contribution in [-0.2, 0) is 16.1 Å². The number of hydrogen-bond acceptors (Lipinski definition) is 4. The molecular weight excluding hydrogens is 342 g/mol. The van der Waals surface area contributed by atoms with Crippen LogP contribution in [0.25, 0.3) is 10.9 Å². The SMILES string of the molecule is O=C(Nc1ccc2cn[nH]c2c1)C(=O)N1CCN(Cc2ccccc2)CC1. The molecule has 27 heavy (non-hydrogen) atoms. The third-order valence-corrected chi connectivity index (χ3v) is 4.80. The number of amides is 2. The summed E-state index contributed by atoms with van der Waals surface area (Å²) in [6, 6.07) is 15.6. The number of nitrogens with one attached hydrogen (secondary N) is 2. The number of H-pyrrole nitrogens is 1. The lowest BCUT2D eigenvalue weighted by molar-refractivity contribution is -0.144. The van der Waals surface area contributed by atoms with Gasteiger partial charge in [0.25, 0.3) is 0 Å². The van der Waals surface area contributed by atoms with E-state index in [4.69, 9.17) is 0 Å². The third kappa shape index (κ3) is 3.98. The maximum absolute atomic E-state index is 12.5. The number of benzene rings is 2. The van der Waals surface area contributed by atoms with E-state index in [0.29, 0.717) is 18.8 Å². The van der Waals surface area contributed by atoms with E-state index in [2.05, 4.69) is 32.5 Å². The first-order valence-electron chi connectivity index (χ1n) is 8.99. The minimum atomic E-state index is -0.606. The minimum Gasteiger partial charge on any atom is -0.332 e. The Morgan fingerprint density at radius 2 is 1.81 bits per heavy atom. The Bertz CT molecular complexity index is 945. The van der Waals surface area contributed by atoms with E-state index in [0.717, 1.165) is 30.5 Å². The van der Waals surface area contributed by atoms with Crippen molar-refractivity contribution >= 4 is 28.4 Å². The summed E-state index contributed by atoms with van der Waals surface area (Å²) in [4.78, 5) is 28.7. The number of hydrogen-bond donors (Lipinski definition) is 2. The van der Waals surface area contributed by atoms with Crippen LogP contribution in [0, 0.1) is 0 Å². The van der Waals surface area contributed by atoms with Crippen molar-refractivity contribution in [2.45, 2.75) is 6.54 Å². The van der Waals surface area contributed by atoms with Crippen LogP contribution in [0.15, 0.2) is 54.7 Å². The average Bonchev–Trinajstić information content (AvgIpc) is 3.16. The van der Waals surface area contributed by atoms with Crippen LogP contribution in [0.2, 0.25) is 0 Å². The van der Waals surface area contributed by atoms with E-state index in [9.17, 15) is 9.59 Å². The lowest BCUT2D eigenvalue weighted by Crippen LogP contribution is -2.51. The summed E-state index contributed by atoms with van der Waals surface area (Å²) in [6.45, 7) is 3.48. The highest BCUT2D eigenvalue weighted by Crippen LogP contribution is 2.17. The second kappa shape index (κ2) is 7.59. The van der Waals surface area contributed by atoms with Crippen LogP contribution in [0.3, 0.4) is 0 Å². The number of carbonyl (C=O) groups is 2. The highest BCUT2D eigenvalue weighted by Gasteiger charge is 2.26. The van der Waals surface area contributed by atoms with Crippen molar-refractivity contribution in [3.05, 3.63) is 60.3 Å². The monoisotopic (exact) mass is 363 g/mol. The van der Waals surface area contributed by atoms with Gasteiger partial charge >= 0.3 is 11.8 Å².